The summed E-state index contributed by atoms with van der Waals surface area (Å²) >= 11 is 0. The Labute approximate surface area is 262 Å². The zero-order valence-corrected chi connectivity index (χ0v) is 26.3. The lowest BCUT2D eigenvalue weighted by Gasteiger charge is -2.27. The molecule has 1 atom stereocenters. The third-order valence-corrected chi connectivity index (χ3v) is 8.28. The second-order valence-electron chi connectivity index (χ2n) is 12.3. The zero-order chi connectivity index (χ0) is 31.9. The van der Waals surface area contributed by atoms with Gasteiger partial charge in [-0.05, 0) is 64.0 Å². The van der Waals surface area contributed by atoms with Gasteiger partial charge in [0, 0.05) is 36.5 Å². The minimum absolute atomic E-state index is 0.145. The molecule has 3 aromatic rings. The molecule has 0 radical (unpaired) electrons. The Morgan fingerprint density at radius 2 is 1.84 bits per heavy atom. The highest BCUT2D eigenvalue weighted by Crippen LogP contribution is 2.42. The SMILES string of the molecule is CCN(CC)CCCOc1ccc(C2=C(C3=NC=CN4c5c(cccc53)CC4C(=O)OC(C)(C)C)C(=O)NC2=O)c2occc12. The lowest BCUT2D eigenvalue weighted by molar-refractivity contribution is -0.156. The number of anilines is 1. The highest BCUT2D eigenvalue weighted by atomic mass is 16.6. The van der Waals surface area contributed by atoms with Gasteiger partial charge in [0.05, 0.1) is 40.8 Å². The third kappa shape index (κ3) is 5.66. The van der Waals surface area contributed by atoms with E-state index in [-0.39, 0.29) is 17.1 Å². The van der Waals surface area contributed by atoms with E-state index in [0.29, 0.717) is 46.6 Å². The molecule has 0 saturated heterocycles. The molecule has 1 aromatic heterocycles. The Balaban J connectivity index is 1.37. The normalized spacial score (nSPS) is 17.6. The van der Waals surface area contributed by atoms with Crippen LogP contribution in [-0.4, -0.2) is 66.3 Å². The van der Waals surface area contributed by atoms with E-state index >= 15 is 0 Å². The molecule has 2 aromatic carbocycles. The van der Waals surface area contributed by atoms with Gasteiger partial charge in [0.25, 0.3) is 11.8 Å². The number of para-hydroxylation sites is 1. The number of carbonyl (C=O) groups excluding carboxylic acids is 3. The number of hydrogen-bond acceptors (Lipinski definition) is 9. The van der Waals surface area contributed by atoms with Gasteiger partial charge in [0.15, 0.2) is 0 Å². The number of aliphatic imine (C=N–C) groups is 1. The molecule has 3 aliphatic heterocycles. The number of imide groups is 1. The predicted octanol–water partition coefficient (Wildman–Crippen LogP) is 5.00. The third-order valence-electron chi connectivity index (χ3n) is 8.28. The van der Waals surface area contributed by atoms with Gasteiger partial charge in [0.2, 0.25) is 0 Å². The minimum Gasteiger partial charge on any atom is -0.493 e. The van der Waals surface area contributed by atoms with Gasteiger partial charge in [-0.3, -0.25) is 19.9 Å². The predicted molar refractivity (Wildman–Crippen MR) is 172 cm³/mol. The largest absolute Gasteiger partial charge is 0.493 e. The number of hydrogen-bond donors (Lipinski definition) is 1. The Hall–Kier alpha value is -4.70. The number of carbonyl (C=O) groups is 3. The Kier molecular flexibility index (Phi) is 8.09. The quantitative estimate of drug-likeness (QED) is 0.194. The first-order chi connectivity index (χ1) is 21.6. The zero-order valence-electron chi connectivity index (χ0n) is 26.3. The van der Waals surface area contributed by atoms with Crippen LogP contribution in [0.1, 0.15) is 57.7 Å². The Morgan fingerprint density at radius 1 is 1.07 bits per heavy atom. The van der Waals surface area contributed by atoms with E-state index in [1.54, 1.807) is 30.8 Å². The van der Waals surface area contributed by atoms with Crippen molar-refractivity contribution in [2.75, 3.05) is 31.1 Å². The van der Waals surface area contributed by atoms with Crippen LogP contribution in [0.3, 0.4) is 0 Å². The summed E-state index contributed by atoms with van der Waals surface area (Å²) in [4.78, 5) is 49.0. The van der Waals surface area contributed by atoms with Crippen molar-refractivity contribution in [1.29, 1.82) is 0 Å². The maximum absolute atomic E-state index is 13.5. The van der Waals surface area contributed by atoms with Crippen molar-refractivity contribution in [3.8, 4) is 5.75 Å². The molecular formula is C35H38N4O6. The molecule has 1 unspecified atom stereocenters. The van der Waals surface area contributed by atoms with Crippen molar-refractivity contribution >= 4 is 45.7 Å². The summed E-state index contributed by atoms with van der Waals surface area (Å²) < 4.78 is 17.8. The Morgan fingerprint density at radius 3 is 2.60 bits per heavy atom. The first kappa shape index (κ1) is 30.3. The fourth-order valence-electron chi connectivity index (χ4n) is 6.22. The van der Waals surface area contributed by atoms with E-state index in [0.717, 1.165) is 37.3 Å². The lowest BCUT2D eigenvalue weighted by Crippen LogP contribution is -2.40. The summed E-state index contributed by atoms with van der Waals surface area (Å²) in [6.45, 7) is 13.3. The monoisotopic (exact) mass is 610 g/mol. The van der Waals surface area contributed by atoms with E-state index in [9.17, 15) is 14.4 Å². The highest BCUT2D eigenvalue weighted by Gasteiger charge is 2.42. The topological polar surface area (TPSA) is 114 Å². The van der Waals surface area contributed by atoms with Crippen molar-refractivity contribution in [2.24, 2.45) is 4.99 Å². The van der Waals surface area contributed by atoms with Crippen LogP contribution < -0.4 is 15.0 Å². The molecule has 0 saturated carbocycles. The van der Waals surface area contributed by atoms with Crippen LogP contribution in [0.2, 0.25) is 0 Å². The number of furan rings is 1. The van der Waals surface area contributed by atoms with Gasteiger partial charge in [-0.15, -0.1) is 0 Å². The van der Waals surface area contributed by atoms with Crippen LogP contribution in [0.4, 0.5) is 5.69 Å². The molecule has 10 nitrogen and oxygen atoms in total. The summed E-state index contributed by atoms with van der Waals surface area (Å²) in [6.07, 6.45) is 6.14. The average Bonchev–Trinajstić information content (AvgIpc) is 3.67. The van der Waals surface area contributed by atoms with Crippen LogP contribution in [0.5, 0.6) is 5.75 Å². The molecule has 0 aliphatic carbocycles. The van der Waals surface area contributed by atoms with E-state index in [1.165, 1.54) is 0 Å². The van der Waals surface area contributed by atoms with Crippen molar-refractivity contribution < 1.29 is 28.3 Å². The number of ether oxygens (including phenoxy) is 2. The maximum Gasteiger partial charge on any atom is 0.329 e. The van der Waals surface area contributed by atoms with Crippen LogP contribution in [0, 0.1) is 0 Å². The van der Waals surface area contributed by atoms with Gasteiger partial charge < -0.3 is 23.7 Å². The van der Waals surface area contributed by atoms with E-state index in [4.69, 9.17) is 13.9 Å². The summed E-state index contributed by atoms with van der Waals surface area (Å²) in [5.74, 6) is -0.783. The molecule has 45 heavy (non-hydrogen) atoms. The van der Waals surface area contributed by atoms with Crippen molar-refractivity contribution in [1.82, 2.24) is 10.2 Å². The fourth-order valence-corrected chi connectivity index (χ4v) is 6.22. The first-order valence-electron chi connectivity index (χ1n) is 15.4. The van der Waals surface area contributed by atoms with Gasteiger partial charge in [-0.2, -0.15) is 0 Å². The van der Waals surface area contributed by atoms with Crippen LogP contribution >= 0.6 is 0 Å². The van der Waals surface area contributed by atoms with Gasteiger partial charge >= 0.3 is 5.97 Å². The van der Waals surface area contributed by atoms with Gasteiger partial charge in [0.1, 0.15) is 23.0 Å². The molecule has 2 amide bonds. The van der Waals surface area contributed by atoms with E-state index in [2.05, 4.69) is 29.1 Å². The molecule has 10 heteroatoms. The number of nitrogens with one attached hydrogen (secondary N) is 1. The standard InChI is InChI=1S/C35H38N4O6/c1-6-38(7-2)16-9-18-43-26-13-12-23(31-22(26)14-19-44-31)27-28(33(41)37-32(27)40)29-24-11-8-10-21-20-25(34(42)45-35(3,4)5)39(30(21)24)17-15-36-29/h8,10-15,17,19,25H,6-7,9,16,18,20H2,1-5H3,(H,37,40,41). The number of rotatable bonds is 10. The summed E-state index contributed by atoms with van der Waals surface area (Å²) in [6, 6.07) is 10.5. The molecule has 1 N–H and O–H groups in total. The number of fused-ring (bicyclic) bond motifs is 1. The molecule has 0 spiro atoms. The van der Waals surface area contributed by atoms with E-state index in [1.807, 2.05) is 49.9 Å². The fraction of sp³-hybridized carbons (Fsp3) is 0.371. The van der Waals surface area contributed by atoms with Crippen LogP contribution in [-0.2, 0) is 25.5 Å². The summed E-state index contributed by atoms with van der Waals surface area (Å²) in [5, 5.41) is 3.18. The molecule has 4 heterocycles. The second kappa shape index (κ2) is 12.0. The van der Waals surface area contributed by atoms with E-state index < -0.39 is 23.5 Å². The van der Waals surface area contributed by atoms with Crippen molar-refractivity contribution in [3.63, 3.8) is 0 Å². The number of amides is 2. The molecule has 0 bridgehead atoms. The smallest absolute Gasteiger partial charge is 0.329 e. The van der Waals surface area contributed by atoms with Crippen LogP contribution in [0.25, 0.3) is 16.5 Å². The lowest BCUT2D eigenvalue weighted by atomic mass is 9.92. The number of nitrogens with zero attached hydrogens (tertiary/aromatic N) is 3. The highest BCUT2D eigenvalue weighted by molar-refractivity contribution is 6.48. The van der Waals surface area contributed by atoms with Gasteiger partial charge in [-0.1, -0.05) is 32.0 Å². The summed E-state index contributed by atoms with van der Waals surface area (Å²) in [7, 11) is 0. The Bertz CT molecular complexity index is 1770. The van der Waals surface area contributed by atoms with Crippen molar-refractivity contribution in [3.05, 3.63) is 77.3 Å². The van der Waals surface area contributed by atoms with Crippen LogP contribution in [0.15, 0.2) is 70.0 Å². The molecular weight excluding hydrogens is 572 g/mol. The molecule has 6 rings (SSSR count). The number of benzene rings is 2. The second-order valence-corrected chi connectivity index (χ2v) is 12.3. The van der Waals surface area contributed by atoms with Gasteiger partial charge in [-0.25, -0.2) is 4.79 Å². The maximum atomic E-state index is 13.5. The molecule has 0 fully saturated rings. The first-order valence-corrected chi connectivity index (χ1v) is 15.4. The molecule has 234 valence electrons. The minimum atomic E-state index is -0.642. The average molecular weight is 611 g/mol. The summed E-state index contributed by atoms with van der Waals surface area (Å²) in [5.41, 5.74) is 3.26. The molecule has 3 aliphatic rings. The van der Waals surface area contributed by atoms with Crippen molar-refractivity contribution in [2.45, 2.75) is 59.1 Å². The number of esters is 1.